The second-order valence-corrected chi connectivity index (χ2v) is 5.90. The topological polar surface area (TPSA) is 42.0 Å². The molecule has 1 aromatic heterocycles. The van der Waals surface area contributed by atoms with Crippen molar-refractivity contribution in [3.05, 3.63) is 29.8 Å². The van der Waals surface area contributed by atoms with Gasteiger partial charge in [0.15, 0.2) is 0 Å². The van der Waals surface area contributed by atoms with Crippen LogP contribution in [0.15, 0.2) is 18.2 Å². The van der Waals surface area contributed by atoms with E-state index >= 15 is 0 Å². The molecule has 98 valence electrons. The number of carbonyl (C=O) groups excluding carboxylic acids is 1. The molecule has 1 fully saturated rings. The number of thioether (sulfide) groups is 1. The van der Waals surface area contributed by atoms with E-state index in [1.54, 1.807) is 0 Å². The van der Waals surface area contributed by atoms with Gasteiger partial charge in [-0.3, -0.25) is 4.79 Å². The maximum Gasteiger partial charge on any atom is 0.270 e. The predicted octanol–water partition coefficient (Wildman–Crippen LogP) is 2.63. The molecule has 0 radical (unpaired) electrons. The molecule has 1 saturated carbocycles. The molecule has 3 nitrogen and oxygen atoms in total. The molecule has 0 atom stereocenters. The summed E-state index contributed by atoms with van der Waals surface area (Å²) in [4.78, 5) is 15.4. The van der Waals surface area contributed by atoms with Gasteiger partial charge >= 0.3 is 0 Å². The normalized spacial score (nSPS) is 17.7. The Balaban J connectivity index is 1.96. The lowest BCUT2D eigenvalue weighted by Gasteiger charge is -2.26. The van der Waals surface area contributed by atoms with E-state index in [1.165, 1.54) is 31.0 Å². The third-order valence-electron chi connectivity index (χ3n) is 3.47. The van der Waals surface area contributed by atoms with E-state index in [0.717, 1.165) is 12.8 Å². The minimum Gasteiger partial charge on any atom is -0.349 e. The van der Waals surface area contributed by atoms with Crippen LogP contribution in [0.1, 0.15) is 36.2 Å². The molecule has 0 bridgehead atoms. The zero-order valence-electron chi connectivity index (χ0n) is 10.4. The highest BCUT2D eigenvalue weighted by Gasteiger charge is 2.33. The molecule has 0 unspecified atom stereocenters. The number of nitrogens with one attached hydrogen (secondary N) is 1. The van der Waals surface area contributed by atoms with Crippen LogP contribution in [0, 0.1) is 5.95 Å². The molecule has 1 aromatic rings. The third-order valence-corrected chi connectivity index (χ3v) is 4.89. The monoisotopic (exact) mass is 268 g/mol. The van der Waals surface area contributed by atoms with E-state index in [4.69, 9.17) is 0 Å². The van der Waals surface area contributed by atoms with Crippen molar-refractivity contribution < 1.29 is 9.18 Å². The lowest BCUT2D eigenvalue weighted by Crippen LogP contribution is -2.38. The molecule has 5 heteroatoms. The van der Waals surface area contributed by atoms with Gasteiger partial charge in [-0.25, -0.2) is 4.98 Å². The fourth-order valence-corrected chi connectivity index (χ4v) is 3.25. The first-order valence-corrected chi connectivity index (χ1v) is 7.34. The fourth-order valence-electron chi connectivity index (χ4n) is 2.34. The molecule has 1 N–H and O–H groups in total. The molecule has 0 saturated heterocycles. The Morgan fingerprint density at radius 1 is 1.50 bits per heavy atom. The summed E-state index contributed by atoms with van der Waals surface area (Å²) in [5.74, 6) is -0.919. The Kier molecular flexibility index (Phi) is 4.22. The molecule has 1 heterocycles. The quantitative estimate of drug-likeness (QED) is 0.854. The number of amides is 1. The number of pyridine rings is 1. The van der Waals surface area contributed by atoms with Crippen LogP contribution in [0.3, 0.4) is 0 Å². The average Bonchev–Trinajstić information content (AvgIpc) is 2.85. The van der Waals surface area contributed by atoms with Gasteiger partial charge < -0.3 is 5.32 Å². The predicted molar refractivity (Wildman–Crippen MR) is 71.2 cm³/mol. The fraction of sp³-hybridized carbons (Fsp3) is 0.538. The lowest BCUT2D eigenvalue weighted by atomic mass is 10.1. The molecule has 18 heavy (non-hydrogen) atoms. The van der Waals surface area contributed by atoms with Gasteiger partial charge in [-0.1, -0.05) is 18.9 Å². The van der Waals surface area contributed by atoms with E-state index < -0.39 is 5.95 Å². The van der Waals surface area contributed by atoms with E-state index in [1.807, 2.05) is 11.8 Å². The van der Waals surface area contributed by atoms with Crippen LogP contribution in [0.4, 0.5) is 4.39 Å². The van der Waals surface area contributed by atoms with E-state index in [-0.39, 0.29) is 16.3 Å². The van der Waals surface area contributed by atoms with Gasteiger partial charge in [0.05, 0.1) is 0 Å². The molecular formula is C13H17FN2OS. The zero-order valence-corrected chi connectivity index (χ0v) is 11.2. The van der Waals surface area contributed by atoms with Gasteiger partial charge in [-0.05, 0) is 31.2 Å². The molecule has 1 aliphatic rings. The highest BCUT2D eigenvalue weighted by Crippen LogP contribution is 2.39. The van der Waals surface area contributed by atoms with E-state index in [9.17, 15) is 9.18 Å². The summed E-state index contributed by atoms with van der Waals surface area (Å²) in [6.07, 6.45) is 6.78. The number of halogens is 1. The summed E-state index contributed by atoms with van der Waals surface area (Å²) < 4.78 is 13.1. The van der Waals surface area contributed by atoms with Gasteiger partial charge in [0.2, 0.25) is 5.95 Å². The zero-order chi connectivity index (χ0) is 13.0. The first kappa shape index (κ1) is 13.3. The number of hydrogen-bond acceptors (Lipinski definition) is 3. The Hall–Kier alpha value is -1.10. The molecule has 1 aliphatic carbocycles. The van der Waals surface area contributed by atoms with Crippen molar-refractivity contribution in [2.45, 2.75) is 30.4 Å². The van der Waals surface area contributed by atoms with Crippen molar-refractivity contribution >= 4 is 17.7 Å². The molecule has 0 aromatic carbocycles. The first-order valence-electron chi connectivity index (χ1n) is 6.11. The van der Waals surface area contributed by atoms with E-state index in [0.29, 0.717) is 6.54 Å². The third kappa shape index (κ3) is 3.02. The Bertz CT molecular complexity index is 433. The van der Waals surface area contributed by atoms with Crippen LogP contribution >= 0.6 is 11.8 Å². The summed E-state index contributed by atoms with van der Waals surface area (Å²) in [5, 5.41) is 2.87. The largest absolute Gasteiger partial charge is 0.349 e. The van der Waals surface area contributed by atoms with Crippen LogP contribution in [0.2, 0.25) is 0 Å². The van der Waals surface area contributed by atoms with Gasteiger partial charge in [0, 0.05) is 11.3 Å². The van der Waals surface area contributed by atoms with Crippen molar-refractivity contribution in [1.82, 2.24) is 10.3 Å². The van der Waals surface area contributed by atoms with Crippen LogP contribution < -0.4 is 5.32 Å². The average molecular weight is 268 g/mol. The molecule has 2 rings (SSSR count). The summed E-state index contributed by atoms with van der Waals surface area (Å²) in [5.41, 5.74) is 0.143. The number of aromatic nitrogens is 1. The Labute approximate surface area is 111 Å². The SMILES string of the molecule is CSC1(CNC(=O)c2cccc(F)n2)CCCC1. The smallest absolute Gasteiger partial charge is 0.270 e. The Morgan fingerprint density at radius 3 is 2.83 bits per heavy atom. The molecular weight excluding hydrogens is 251 g/mol. The molecule has 0 aliphatic heterocycles. The first-order chi connectivity index (χ1) is 8.65. The van der Waals surface area contributed by atoms with Gasteiger partial charge in [-0.2, -0.15) is 16.2 Å². The number of nitrogens with zero attached hydrogens (tertiary/aromatic N) is 1. The summed E-state index contributed by atoms with van der Waals surface area (Å²) in [7, 11) is 0. The van der Waals surface area contributed by atoms with Crippen LogP contribution in [0.5, 0.6) is 0 Å². The highest BCUT2D eigenvalue weighted by atomic mass is 32.2. The molecule has 1 amide bonds. The second kappa shape index (κ2) is 5.69. The van der Waals surface area contributed by atoms with Crippen molar-refractivity contribution in [2.24, 2.45) is 0 Å². The van der Waals surface area contributed by atoms with Crippen LogP contribution in [-0.4, -0.2) is 28.4 Å². The van der Waals surface area contributed by atoms with Gasteiger partial charge in [-0.15, -0.1) is 0 Å². The maximum atomic E-state index is 12.9. The van der Waals surface area contributed by atoms with Crippen LogP contribution in [-0.2, 0) is 0 Å². The second-order valence-electron chi connectivity index (χ2n) is 4.62. The highest BCUT2D eigenvalue weighted by molar-refractivity contribution is 8.00. The number of rotatable bonds is 4. The van der Waals surface area contributed by atoms with Gasteiger partial charge in [0.1, 0.15) is 5.69 Å². The standard InChI is InChI=1S/C13H17FN2OS/c1-18-13(7-2-3-8-13)9-15-12(17)10-5-4-6-11(14)16-10/h4-6H,2-3,7-9H2,1H3,(H,15,17). The summed E-state index contributed by atoms with van der Waals surface area (Å²) >= 11 is 1.81. The summed E-state index contributed by atoms with van der Waals surface area (Å²) in [6.45, 7) is 0.630. The lowest BCUT2D eigenvalue weighted by molar-refractivity contribution is 0.0943. The Morgan fingerprint density at radius 2 is 2.22 bits per heavy atom. The van der Waals surface area contributed by atoms with Gasteiger partial charge in [0.25, 0.3) is 5.91 Å². The van der Waals surface area contributed by atoms with Crippen molar-refractivity contribution in [3.63, 3.8) is 0 Å². The number of carbonyl (C=O) groups is 1. The molecule has 0 spiro atoms. The minimum atomic E-state index is -0.622. The van der Waals surface area contributed by atoms with Crippen molar-refractivity contribution in [1.29, 1.82) is 0 Å². The van der Waals surface area contributed by atoms with Crippen LogP contribution in [0.25, 0.3) is 0 Å². The summed E-state index contributed by atoms with van der Waals surface area (Å²) in [6, 6.07) is 4.26. The van der Waals surface area contributed by atoms with E-state index in [2.05, 4.69) is 16.6 Å². The number of hydrogen-bond donors (Lipinski definition) is 1. The van der Waals surface area contributed by atoms with Crippen molar-refractivity contribution in [3.8, 4) is 0 Å². The van der Waals surface area contributed by atoms with Crippen molar-refractivity contribution in [2.75, 3.05) is 12.8 Å². The maximum absolute atomic E-state index is 12.9. The minimum absolute atomic E-state index is 0.143.